The average Bonchev–Trinajstić information content (AvgIpc) is 3.03. The van der Waals surface area contributed by atoms with Crippen molar-refractivity contribution in [2.24, 2.45) is 17.8 Å². The topological polar surface area (TPSA) is 69.6 Å². The number of aliphatic carboxylic acids is 1. The highest BCUT2D eigenvalue weighted by atomic mass is 19.3. The van der Waals surface area contributed by atoms with Gasteiger partial charge in [0.1, 0.15) is 11.5 Å². The zero-order chi connectivity index (χ0) is 18.9. The Labute approximate surface area is 156 Å². The van der Waals surface area contributed by atoms with E-state index >= 15 is 0 Å². The first-order valence-corrected chi connectivity index (χ1v) is 9.88. The fraction of sp³-hybridized carbons (Fsp3) is 0.737. The molecule has 0 amide bonds. The van der Waals surface area contributed by atoms with E-state index in [0.29, 0.717) is 55.1 Å². The lowest BCUT2D eigenvalue weighted by Crippen LogP contribution is -2.47. The lowest BCUT2D eigenvalue weighted by Gasteiger charge is -2.40. The number of hydrogen-bond acceptors (Lipinski definition) is 5. The number of fused-ring (bicyclic) bond motifs is 2. The summed E-state index contributed by atoms with van der Waals surface area (Å²) in [6, 6.07) is 0.278. The number of carbonyl (C=O) groups is 1. The molecule has 4 aliphatic rings. The lowest BCUT2D eigenvalue weighted by atomic mass is 9.92. The van der Waals surface area contributed by atoms with Crippen LogP contribution >= 0.6 is 0 Å². The van der Waals surface area contributed by atoms with Crippen LogP contribution in [-0.2, 0) is 17.1 Å². The predicted molar refractivity (Wildman–Crippen MR) is 95.2 cm³/mol. The third-order valence-corrected chi connectivity index (χ3v) is 6.90. The van der Waals surface area contributed by atoms with Crippen molar-refractivity contribution in [3.05, 3.63) is 11.3 Å². The van der Waals surface area contributed by atoms with Crippen LogP contribution in [0.4, 0.5) is 20.5 Å². The number of carboxylic acid groups (broad SMARTS) is 1. The van der Waals surface area contributed by atoms with E-state index in [9.17, 15) is 13.6 Å². The first kappa shape index (κ1) is 17.1. The van der Waals surface area contributed by atoms with Crippen molar-refractivity contribution >= 4 is 17.7 Å². The molecule has 0 bridgehead atoms. The Bertz CT molecular complexity index is 790. The van der Waals surface area contributed by atoms with Crippen LogP contribution in [0.1, 0.15) is 43.9 Å². The minimum atomic E-state index is -2.90. The van der Waals surface area contributed by atoms with Gasteiger partial charge < -0.3 is 14.9 Å². The molecule has 2 aliphatic heterocycles. The van der Waals surface area contributed by atoms with Crippen LogP contribution in [0.3, 0.4) is 0 Å². The van der Waals surface area contributed by atoms with Crippen LogP contribution in [0.2, 0.25) is 0 Å². The molecule has 6 nitrogen and oxygen atoms in total. The van der Waals surface area contributed by atoms with E-state index in [2.05, 4.69) is 16.8 Å². The van der Waals surface area contributed by atoms with Crippen LogP contribution in [0, 0.1) is 17.8 Å². The van der Waals surface area contributed by atoms with Crippen LogP contribution in [-0.4, -0.2) is 46.7 Å². The fourth-order valence-electron chi connectivity index (χ4n) is 5.13. The molecule has 1 aromatic heterocycles. The summed E-state index contributed by atoms with van der Waals surface area (Å²) in [5.74, 6) is -1.64. The lowest BCUT2D eigenvalue weighted by molar-refractivity contribution is -0.137. The number of nitrogens with zero attached hydrogens (tertiary/aromatic N) is 4. The Morgan fingerprint density at radius 1 is 1.30 bits per heavy atom. The van der Waals surface area contributed by atoms with Crippen molar-refractivity contribution in [1.82, 2.24) is 9.97 Å². The highest BCUT2D eigenvalue weighted by Crippen LogP contribution is 2.55. The van der Waals surface area contributed by atoms with E-state index in [1.54, 1.807) is 0 Å². The summed E-state index contributed by atoms with van der Waals surface area (Å²) < 4.78 is 29.3. The summed E-state index contributed by atoms with van der Waals surface area (Å²) in [5, 5.41) is 9.01. The molecule has 4 atom stereocenters. The van der Waals surface area contributed by atoms with Crippen molar-refractivity contribution in [1.29, 1.82) is 0 Å². The van der Waals surface area contributed by atoms with Gasteiger partial charge in [0.15, 0.2) is 0 Å². The van der Waals surface area contributed by atoms with Gasteiger partial charge >= 0.3 is 5.97 Å². The van der Waals surface area contributed by atoms with E-state index in [0.717, 1.165) is 13.0 Å². The molecule has 2 saturated heterocycles. The van der Waals surface area contributed by atoms with Crippen LogP contribution < -0.4 is 9.80 Å². The highest BCUT2D eigenvalue weighted by molar-refractivity contribution is 5.68. The summed E-state index contributed by atoms with van der Waals surface area (Å²) in [5.41, 5.74) is 0.509. The van der Waals surface area contributed by atoms with Gasteiger partial charge in [-0.15, -0.1) is 0 Å². The molecule has 2 aliphatic carbocycles. The van der Waals surface area contributed by atoms with Gasteiger partial charge in [-0.25, -0.2) is 4.98 Å². The Balaban J connectivity index is 1.47. The largest absolute Gasteiger partial charge is 0.481 e. The second kappa shape index (κ2) is 5.75. The van der Waals surface area contributed by atoms with Gasteiger partial charge in [0.2, 0.25) is 5.95 Å². The fourth-order valence-corrected chi connectivity index (χ4v) is 5.13. The van der Waals surface area contributed by atoms with Gasteiger partial charge in [0.05, 0.1) is 0 Å². The monoisotopic (exact) mass is 378 g/mol. The second-order valence-electron chi connectivity index (χ2n) is 8.56. The first-order chi connectivity index (χ1) is 12.8. The molecule has 146 valence electrons. The van der Waals surface area contributed by atoms with Crippen molar-refractivity contribution in [3.63, 3.8) is 0 Å². The number of rotatable bonds is 4. The van der Waals surface area contributed by atoms with Gasteiger partial charge in [-0.2, -0.15) is 13.8 Å². The Morgan fingerprint density at radius 2 is 2.04 bits per heavy atom. The number of hydrogen-bond donors (Lipinski definition) is 1. The van der Waals surface area contributed by atoms with E-state index < -0.39 is 11.9 Å². The Kier molecular flexibility index (Phi) is 3.65. The highest BCUT2D eigenvalue weighted by Gasteiger charge is 2.57. The number of piperidine rings is 1. The summed E-state index contributed by atoms with van der Waals surface area (Å²) in [6.45, 7) is 4.29. The molecule has 3 fully saturated rings. The molecule has 2 unspecified atom stereocenters. The maximum Gasteiger partial charge on any atom is 0.303 e. The van der Waals surface area contributed by atoms with Crippen LogP contribution in [0.15, 0.2) is 0 Å². The van der Waals surface area contributed by atoms with E-state index in [1.165, 1.54) is 0 Å². The number of halogens is 2. The van der Waals surface area contributed by atoms with E-state index in [4.69, 9.17) is 10.1 Å². The Hall–Kier alpha value is -1.99. The number of aromatic nitrogens is 2. The zero-order valence-corrected chi connectivity index (χ0v) is 15.4. The molecule has 3 heterocycles. The standard InChI is InChI=1S/C19H24F2N4O2/c1-10-4-6-25(10)18-22-16-11(3-2-5-19(16,20)21)17(23-18)24-8-13-12(7-15(26)27)14(13)9-24/h10,12-14H,2-9H2,1H3,(H,26,27)/t10?,12?,13-,14+. The molecule has 27 heavy (non-hydrogen) atoms. The van der Waals surface area contributed by atoms with Crippen molar-refractivity contribution in [2.45, 2.75) is 51.0 Å². The molecular weight excluding hydrogens is 354 g/mol. The Morgan fingerprint density at radius 3 is 2.63 bits per heavy atom. The van der Waals surface area contributed by atoms with Gasteiger partial charge in [0, 0.05) is 44.1 Å². The van der Waals surface area contributed by atoms with Gasteiger partial charge in [0.25, 0.3) is 5.92 Å². The zero-order valence-electron chi connectivity index (χ0n) is 15.4. The van der Waals surface area contributed by atoms with Gasteiger partial charge in [-0.3, -0.25) is 4.79 Å². The molecule has 8 heteroatoms. The molecule has 0 spiro atoms. The molecule has 1 N–H and O–H groups in total. The molecule has 1 saturated carbocycles. The first-order valence-electron chi connectivity index (χ1n) is 9.88. The SMILES string of the molecule is CC1CCN1c1nc(N2C[C@@H]3C(CC(=O)O)[C@@H]3C2)c2c(n1)C(F)(F)CCC2. The third-order valence-electron chi connectivity index (χ3n) is 6.90. The van der Waals surface area contributed by atoms with Crippen molar-refractivity contribution in [2.75, 3.05) is 29.4 Å². The quantitative estimate of drug-likeness (QED) is 0.869. The normalized spacial score (nSPS) is 33.3. The molecule has 0 aromatic carbocycles. The van der Waals surface area contributed by atoms with Crippen molar-refractivity contribution < 1.29 is 18.7 Å². The second-order valence-corrected chi connectivity index (χ2v) is 8.56. The number of alkyl halides is 2. The summed E-state index contributed by atoms with van der Waals surface area (Å²) in [6.07, 6.45) is 2.10. The van der Waals surface area contributed by atoms with Crippen molar-refractivity contribution in [3.8, 4) is 0 Å². The smallest absolute Gasteiger partial charge is 0.303 e. The molecule has 1 aromatic rings. The maximum atomic E-state index is 14.6. The maximum absolute atomic E-state index is 14.6. The minimum absolute atomic E-state index is 0.0875. The van der Waals surface area contributed by atoms with E-state index in [1.807, 2.05) is 4.90 Å². The molecular formula is C19H24F2N4O2. The number of anilines is 2. The molecule has 0 radical (unpaired) electrons. The molecule has 5 rings (SSSR count). The summed E-state index contributed by atoms with van der Waals surface area (Å²) in [4.78, 5) is 24.1. The summed E-state index contributed by atoms with van der Waals surface area (Å²) in [7, 11) is 0. The van der Waals surface area contributed by atoms with Crippen LogP contribution in [0.25, 0.3) is 0 Å². The number of carboxylic acids is 1. The van der Waals surface area contributed by atoms with E-state index in [-0.39, 0.29) is 30.5 Å². The minimum Gasteiger partial charge on any atom is -0.481 e. The third kappa shape index (κ3) is 2.67. The van der Waals surface area contributed by atoms with Gasteiger partial charge in [-0.05, 0) is 43.9 Å². The predicted octanol–water partition coefficient (Wildman–Crippen LogP) is 2.66. The summed E-state index contributed by atoms with van der Waals surface area (Å²) >= 11 is 0. The van der Waals surface area contributed by atoms with Crippen LogP contribution in [0.5, 0.6) is 0 Å². The van der Waals surface area contributed by atoms with Gasteiger partial charge in [-0.1, -0.05) is 0 Å². The average molecular weight is 378 g/mol.